The highest BCUT2D eigenvalue weighted by molar-refractivity contribution is 6.12. The van der Waals surface area contributed by atoms with E-state index in [4.69, 9.17) is 10.8 Å². The van der Waals surface area contributed by atoms with Crippen LogP contribution < -0.4 is 5.32 Å². The van der Waals surface area contributed by atoms with Crippen molar-refractivity contribution in [3.05, 3.63) is 53.6 Å². The number of hydrogen-bond donors (Lipinski definition) is 4. The van der Waals surface area contributed by atoms with Crippen LogP contribution in [0.15, 0.2) is 42.5 Å². The van der Waals surface area contributed by atoms with Gasteiger partial charge in [-0.05, 0) is 113 Å². The third-order valence-electron chi connectivity index (χ3n) is 7.67. The smallest absolute Gasteiger partial charge is 0.125 e. The van der Waals surface area contributed by atoms with Crippen molar-refractivity contribution in [3.8, 4) is 5.75 Å². The number of phenolic OH excluding ortho intramolecular Hbond substituents is 1. The summed E-state index contributed by atoms with van der Waals surface area (Å²) >= 11 is 0. The standard InChI is InChI=1S/C30H43N5O/c1-29(2)18-24(19-30(3,4)33-29)34(5)28(32)12-11-26(31)25-16-22-10-9-21(15-23(22)17-27(25)36)20-35-13-7-6-8-14-35/h9-12,15-17,24,31-33,36H,6-8,13-14,18-20H2,1-5H3/b12-11-,31-26?,32-28?. The van der Waals surface area contributed by atoms with Gasteiger partial charge in [-0.2, -0.15) is 0 Å². The van der Waals surface area contributed by atoms with Crippen molar-refractivity contribution in [1.82, 2.24) is 15.1 Å². The summed E-state index contributed by atoms with van der Waals surface area (Å²) in [5, 5.41) is 33.6. The van der Waals surface area contributed by atoms with Crippen molar-refractivity contribution in [2.75, 3.05) is 20.1 Å². The van der Waals surface area contributed by atoms with Crippen molar-refractivity contribution >= 4 is 22.3 Å². The summed E-state index contributed by atoms with van der Waals surface area (Å²) in [6, 6.07) is 10.3. The van der Waals surface area contributed by atoms with Gasteiger partial charge < -0.3 is 20.7 Å². The van der Waals surface area contributed by atoms with E-state index in [0.717, 1.165) is 43.2 Å². The number of likely N-dealkylation sites (N-methyl/N-ethyl adjacent to an activating group) is 1. The van der Waals surface area contributed by atoms with Gasteiger partial charge in [0.05, 0.1) is 5.71 Å². The van der Waals surface area contributed by atoms with Gasteiger partial charge in [0.15, 0.2) is 0 Å². The van der Waals surface area contributed by atoms with Crippen LogP contribution in [0.2, 0.25) is 0 Å². The molecule has 2 heterocycles. The van der Waals surface area contributed by atoms with Crippen molar-refractivity contribution < 1.29 is 5.11 Å². The second-order valence-electron chi connectivity index (χ2n) is 12.1. The number of benzene rings is 2. The lowest BCUT2D eigenvalue weighted by atomic mass is 9.79. The maximum absolute atomic E-state index is 10.7. The van der Waals surface area contributed by atoms with Crippen LogP contribution >= 0.6 is 0 Å². The summed E-state index contributed by atoms with van der Waals surface area (Å²) in [4.78, 5) is 4.51. The third-order valence-corrected chi connectivity index (χ3v) is 7.67. The summed E-state index contributed by atoms with van der Waals surface area (Å²) in [6.07, 6.45) is 9.08. The molecule has 2 aromatic carbocycles. The molecule has 0 atom stereocenters. The second kappa shape index (κ2) is 10.3. The first-order valence-electron chi connectivity index (χ1n) is 13.3. The largest absolute Gasteiger partial charge is 0.507 e. The Balaban J connectivity index is 1.45. The normalized spacial score (nSPS) is 20.6. The predicted octanol–water partition coefficient (Wildman–Crippen LogP) is 5.67. The molecule has 0 unspecified atom stereocenters. The highest BCUT2D eigenvalue weighted by Gasteiger charge is 2.39. The quantitative estimate of drug-likeness (QED) is 0.311. The van der Waals surface area contributed by atoms with Gasteiger partial charge in [-0.3, -0.25) is 10.3 Å². The fourth-order valence-corrected chi connectivity index (χ4v) is 6.13. The van der Waals surface area contributed by atoms with Gasteiger partial charge in [-0.15, -0.1) is 0 Å². The Kier molecular flexibility index (Phi) is 7.58. The summed E-state index contributed by atoms with van der Waals surface area (Å²) < 4.78 is 0. The van der Waals surface area contributed by atoms with Crippen molar-refractivity contribution in [2.45, 2.75) is 83.5 Å². The number of hydrogen-bond acceptors (Lipinski definition) is 5. The van der Waals surface area contributed by atoms with Crippen molar-refractivity contribution in [2.24, 2.45) is 0 Å². The molecule has 6 heteroatoms. The van der Waals surface area contributed by atoms with Gasteiger partial charge in [0, 0.05) is 36.3 Å². The van der Waals surface area contributed by atoms with E-state index in [0.29, 0.717) is 11.4 Å². The first kappa shape index (κ1) is 26.4. The van der Waals surface area contributed by atoms with Crippen LogP contribution in [-0.4, -0.2) is 63.7 Å². The Morgan fingerprint density at radius 1 is 1.00 bits per heavy atom. The molecule has 2 fully saturated rings. The number of piperidine rings is 2. The van der Waals surface area contributed by atoms with E-state index in [1.807, 2.05) is 18.0 Å². The molecular formula is C30H43N5O. The van der Waals surface area contributed by atoms with Crippen LogP contribution in [0.5, 0.6) is 5.75 Å². The van der Waals surface area contributed by atoms with Crippen LogP contribution in [0, 0.1) is 10.8 Å². The van der Waals surface area contributed by atoms with Crippen molar-refractivity contribution in [1.29, 1.82) is 10.8 Å². The summed E-state index contributed by atoms with van der Waals surface area (Å²) in [7, 11) is 1.97. The molecule has 0 aliphatic carbocycles. The molecule has 0 aromatic heterocycles. The number of phenols is 1. The minimum Gasteiger partial charge on any atom is -0.507 e. The maximum Gasteiger partial charge on any atom is 0.125 e. The number of amidine groups is 1. The van der Waals surface area contributed by atoms with E-state index in [1.165, 1.54) is 24.8 Å². The molecule has 0 bridgehead atoms. The third kappa shape index (κ3) is 6.34. The second-order valence-corrected chi connectivity index (χ2v) is 12.1. The number of nitrogens with one attached hydrogen (secondary N) is 3. The highest BCUT2D eigenvalue weighted by atomic mass is 16.3. The summed E-state index contributed by atoms with van der Waals surface area (Å²) in [6.45, 7) is 12.1. The van der Waals surface area contributed by atoms with E-state index in [1.54, 1.807) is 18.2 Å². The van der Waals surface area contributed by atoms with Gasteiger partial charge in [-0.1, -0.05) is 18.6 Å². The zero-order valence-electron chi connectivity index (χ0n) is 22.6. The SMILES string of the molecule is CN(C(=N)/C=C\C(=N)c1cc2ccc(CN3CCCCC3)cc2cc1O)C1CC(C)(C)NC(C)(C)C1. The molecule has 0 amide bonds. The fraction of sp³-hybridized carbons (Fsp3) is 0.533. The maximum atomic E-state index is 10.7. The Labute approximate surface area is 216 Å². The number of rotatable bonds is 6. The number of fused-ring (bicyclic) bond motifs is 1. The average Bonchev–Trinajstić information content (AvgIpc) is 2.80. The lowest BCUT2D eigenvalue weighted by molar-refractivity contribution is 0.114. The van der Waals surface area contributed by atoms with E-state index in [9.17, 15) is 5.11 Å². The van der Waals surface area contributed by atoms with Gasteiger partial charge in [0.25, 0.3) is 0 Å². The monoisotopic (exact) mass is 489 g/mol. The van der Waals surface area contributed by atoms with E-state index >= 15 is 0 Å². The van der Waals surface area contributed by atoms with Crippen molar-refractivity contribution in [3.63, 3.8) is 0 Å². The molecule has 2 saturated heterocycles. The molecular weight excluding hydrogens is 446 g/mol. The lowest BCUT2D eigenvalue weighted by Crippen LogP contribution is -2.62. The van der Waals surface area contributed by atoms with Crippen LogP contribution in [0.3, 0.4) is 0 Å². The zero-order chi connectivity index (χ0) is 26.1. The Hall–Kier alpha value is -2.70. The molecule has 2 aliphatic heterocycles. The molecule has 0 spiro atoms. The predicted molar refractivity (Wildman–Crippen MR) is 151 cm³/mol. The van der Waals surface area contributed by atoms with Gasteiger partial charge in [-0.25, -0.2) is 0 Å². The van der Waals surface area contributed by atoms with E-state index in [-0.39, 0.29) is 28.6 Å². The molecule has 0 saturated carbocycles. The molecule has 4 rings (SSSR count). The minimum absolute atomic E-state index is 0.00189. The lowest BCUT2D eigenvalue weighted by Gasteiger charge is -2.49. The minimum atomic E-state index is 0.00189. The van der Waals surface area contributed by atoms with Gasteiger partial charge >= 0.3 is 0 Å². The van der Waals surface area contributed by atoms with Crippen LogP contribution in [0.25, 0.3) is 10.8 Å². The number of likely N-dealkylation sites (tertiary alicyclic amines) is 1. The topological polar surface area (TPSA) is 86.4 Å². The number of nitrogens with zero attached hydrogens (tertiary/aromatic N) is 2. The number of aromatic hydroxyl groups is 1. The van der Waals surface area contributed by atoms with E-state index < -0.39 is 0 Å². The van der Waals surface area contributed by atoms with Crippen LogP contribution in [0.1, 0.15) is 70.9 Å². The first-order chi connectivity index (χ1) is 16.9. The molecule has 2 aliphatic rings. The van der Waals surface area contributed by atoms with Crippen LogP contribution in [0.4, 0.5) is 0 Å². The van der Waals surface area contributed by atoms with Gasteiger partial charge in [0.2, 0.25) is 0 Å². The molecule has 194 valence electrons. The first-order valence-corrected chi connectivity index (χ1v) is 13.3. The Morgan fingerprint density at radius 2 is 1.67 bits per heavy atom. The summed E-state index contributed by atoms with van der Waals surface area (Å²) in [5.74, 6) is 0.481. The molecule has 0 radical (unpaired) electrons. The highest BCUT2D eigenvalue weighted by Crippen LogP contribution is 2.31. The van der Waals surface area contributed by atoms with E-state index in [2.05, 4.69) is 56.1 Å². The fourth-order valence-electron chi connectivity index (χ4n) is 6.13. The Bertz CT molecular complexity index is 1140. The van der Waals surface area contributed by atoms with Crippen LogP contribution in [-0.2, 0) is 6.54 Å². The molecule has 2 aromatic rings. The molecule has 36 heavy (non-hydrogen) atoms. The molecule has 4 N–H and O–H groups in total. The zero-order valence-corrected chi connectivity index (χ0v) is 22.6. The van der Waals surface area contributed by atoms with Gasteiger partial charge in [0.1, 0.15) is 11.6 Å². The molecule has 6 nitrogen and oxygen atoms in total. The number of allylic oxidation sites excluding steroid dienone is 1. The Morgan fingerprint density at radius 3 is 2.33 bits per heavy atom. The summed E-state index contributed by atoms with van der Waals surface area (Å²) in [5.41, 5.74) is 1.95. The average molecular weight is 490 g/mol.